The summed E-state index contributed by atoms with van der Waals surface area (Å²) in [6.45, 7) is 0. The highest BCUT2D eigenvalue weighted by molar-refractivity contribution is 7.17. The molecule has 0 atom stereocenters. The Bertz CT molecular complexity index is 969. The number of nitrogens with one attached hydrogen (secondary N) is 1. The number of amides is 1. The van der Waals surface area contributed by atoms with Crippen molar-refractivity contribution in [1.29, 1.82) is 0 Å². The SMILES string of the molecule is O=C(N[C@H]1CC[C@H](C2(O)CC2)CC1)c1nc(-n2ccnc2)cc2ccsc12. The molecule has 0 radical (unpaired) electrons. The summed E-state index contributed by atoms with van der Waals surface area (Å²) in [5.41, 5.74) is 0.0767. The number of aromatic nitrogens is 3. The fourth-order valence-corrected chi connectivity index (χ4v) is 5.07. The van der Waals surface area contributed by atoms with E-state index in [1.807, 2.05) is 28.3 Å². The van der Waals surface area contributed by atoms with E-state index in [9.17, 15) is 9.90 Å². The number of hydrogen-bond donors (Lipinski definition) is 2. The molecule has 0 spiro atoms. The lowest BCUT2D eigenvalue weighted by molar-refractivity contribution is 0.0541. The number of hydrogen-bond acceptors (Lipinski definition) is 5. The predicted molar refractivity (Wildman–Crippen MR) is 104 cm³/mol. The second-order valence-electron chi connectivity index (χ2n) is 7.76. The highest BCUT2D eigenvalue weighted by Crippen LogP contribution is 2.48. The van der Waals surface area contributed by atoms with Crippen LogP contribution < -0.4 is 5.32 Å². The molecule has 3 aromatic heterocycles. The Hall–Kier alpha value is -2.25. The second kappa shape index (κ2) is 6.42. The molecule has 7 heteroatoms. The normalized spacial score (nSPS) is 24.0. The smallest absolute Gasteiger partial charge is 0.271 e. The van der Waals surface area contributed by atoms with E-state index in [4.69, 9.17) is 0 Å². The molecule has 2 fully saturated rings. The molecule has 1 amide bonds. The molecule has 3 heterocycles. The van der Waals surface area contributed by atoms with Gasteiger partial charge in [-0.2, -0.15) is 0 Å². The molecule has 0 bridgehead atoms. The molecule has 5 rings (SSSR count). The third-order valence-corrected chi connectivity index (χ3v) is 6.93. The zero-order valence-corrected chi connectivity index (χ0v) is 15.8. The van der Waals surface area contributed by atoms with Crippen molar-refractivity contribution in [2.75, 3.05) is 0 Å². The quantitative estimate of drug-likeness (QED) is 0.726. The monoisotopic (exact) mass is 382 g/mol. The largest absolute Gasteiger partial charge is 0.390 e. The van der Waals surface area contributed by atoms with Crippen LogP contribution in [0.1, 0.15) is 49.0 Å². The number of thiophene rings is 1. The van der Waals surface area contributed by atoms with E-state index >= 15 is 0 Å². The Morgan fingerprint density at radius 3 is 2.81 bits per heavy atom. The molecular weight excluding hydrogens is 360 g/mol. The van der Waals surface area contributed by atoms with E-state index in [0.29, 0.717) is 17.4 Å². The van der Waals surface area contributed by atoms with Gasteiger partial charge in [-0.05, 0) is 67.3 Å². The fraction of sp³-hybridized carbons (Fsp3) is 0.450. The van der Waals surface area contributed by atoms with Gasteiger partial charge in [0.2, 0.25) is 0 Å². The van der Waals surface area contributed by atoms with Crippen molar-refractivity contribution in [3.05, 3.63) is 41.9 Å². The fourth-order valence-electron chi connectivity index (χ4n) is 4.21. The highest BCUT2D eigenvalue weighted by atomic mass is 32.1. The summed E-state index contributed by atoms with van der Waals surface area (Å²) in [6, 6.07) is 4.15. The maximum atomic E-state index is 13.0. The van der Waals surface area contributed by atoms with Crippen LogP contribution in [0.5, 0.6) is 0 Å². The van der Waals surface area contributed by atoms with Gasteiger partial charge in [0.15, 0.2) is 0 Å². The van der Waals surface area contributed by atoms with Crippen molar-refractivity contribution in [3.63, 3.8) is 0 Å². The van der Waals surface area contributed by atoms with Gasteiger partial charge in [0, 0.05) is 18.4 Å². The van der Waals surface area contributed by atoms with E-state index in [1.165, 1.54) is 0 Å². The van der Waals surface area contributed by atoms with Gasteiger partial charge in [0.25, 0.3) is 5.91 Å². The molecule has 2 N–H and O–H groups in total. The average Bonchev–Trinajstić information content (AvgIpc) is 3.08. The van der Waals surface area contributed by atoms with E-state index in [0.717, 1.165) is 48.6 Å². The molecule has 27 heavy (non-hydrogen) atoms. The van der Waals surface area contributed by atoms with Gasteiger partial charge in [-0.15, -0.1) is 11.3 Å². The van der Waals surface area contributed by atoms with Crippen molar-refractivity contribution in [2.45, 2.75) is 50.2 Å². The lowest BCUT2D eigenvalue weighted by Crippen LogP contribution is -2.40. The maximum absolute atomic E-state index is 13.0. The van der Waals surface area contributed by atoms with Crippen LogP contribution in [-0.2, 0) is 0 Å². The van der Waals surface area contributed by atoms with Gasteiger partial charge < -0.3 is 10.4 Å². The summed E-state index contributed by atoms with van der Waals surface area (Å²) in [4.78, 5) is 21.7. The number of imidazole rings is 1. The first-order chi connectivity index (χ1) is 13.1. The van der Waals surface area contributed by atoms with Crippen LogP contribution in [0.15, 0.2) is 36.2 Å². The number of nitrogens with zero attached hydrogens (tertiary/aromatic N) is 3. The first-order valence-electron chi connectivity index (χ1n) is 9.52. The molecule has 0 aliphatic heterocycles. The van der Waals surface area contributed by atoms with Crippen LogP contribution in [0.25, 0.3) is 15.9 Å². The number of carbonyl (C=O) groups excluding carboxylic acids is 1. The Balaban J connectivity index is 1.35. The maximum Gasteiger partial charge on any atom is 0.271 e. The molecule has 2 aliphatic carbocycles. The Morgan fingerprint density at radius 1 is 1.30 bits per heavy atom. The molecule has 140 valence electrons. The van der Waals surface area contributed by atoms with Crippen LogP contribution in [0.4, 0.5) is 0 Å². The molecule has 2 saturated carbocycles. The minimum atomic E-state index is -0.404. The molecule has 0 unspecified atom stereocenters. The van der Waals surface area contributed by atoms with Crippen LogP contribution in [0.2, 0.25) is 0 Å². The van der Waals surface area contributed by atoms with Crippen LogP contribution >= 0.6 is 11.3 Å². The first kappa shape index (κ1) is 16.9. The summed E-state index contributed by atoms with van der Waals surface area (Å²) in [7, 11) is 0. The molecular formula is C20H22N4O2S. The third-order valence-electron chi connectivity index (χ3n) is 5.99. The average molecular weight is 382 g/mol. The summed E-state index contributed by atoms with van der Waals surface area (Å²) >= 11 is 1.54. The number of pyridine rings is 1. The van der Waals surface area contributed by atoms with Crippen LogP contribution in [-0.4, -0.2) is 37.2 Å². The number of carbonyl (C=O) groups is 1. The number of fused-ring (bicyclic) bond motifs is 1. The Labute approximate surface area is 161 Å². The summed E-state index contributed by atoms with van der Waals surface area (Å²) < 4.78 is 2.73. The summed E-state index contributed by atoms with van der Waals surface area (Å²) in [5, 5.41) is 16.5. The zero-order valence-electron chi connectivity index (χ0n) is 15.0. The minimum Gasteiger partial charge on any atom is -0.390 e. The molecule has 6 nitrogen and oxygen atoms in total. The van der Waals surface area contributed by atoms with E-state index in [2.05, 4.69) is 15.3 Å². The van der Waals surface area contributed by atoms with Gasteiger partial charge >= 0.3 is 0 Å². The Kier molecular flexibility index (Phi) is 4.02. The number of aliphatic hydroxyl groups is 1. The molecule has 0 saturated heterocycles. The van der Waals surface area contributed by atoms with Crippen molar-refractivity contribution in [3.8, 4) is 5.82 Å². The number of rotatable bonds is 4. The molecule has 3 aromatic rings. The van der Waals surface area contributed by atoms with Gasteiger partial charge in [0.1, 0.15) is 17.8 Å². The van der Waals surface area contributed by atoms with E-state index in [1.54, 1.807) is 23.9 Å². The standard InChI is InChI=1S/C20H22N4O2S/c25-19(22-15-3-1-14(2-4-15)20(26)6-7-20)17-18-13(5-10-27-18)11-16(23-17)24-9-8-21-12-24/h5,8-12,14-15,26H,1-4,6-7H2,(H,22,25)/t14-,15-. The van der Waals surface area contributed by atoms with Gasteiger partial charge in [0.05, 0.1) is 10.3 Å². The van der Waals surface area contributed by atoms with Gasteiger partial charge in [-0.25, -0.2) is 9.97 Å². The minimum absolute atomic E-state index is 0.113. The second-order valence-corrected chi connectivity index (χ2v) is 8.68. The van der Waals surface area contributed by atoms with Crippen molar-refractivity contribution in [1.82, 2.24) is 19.9 Å². The van der Waals surface area contributed by atoms with Gasteiger partial charge in [-0.1, -0.05) is 0 Å². The summed E-state index contributed by atoms with van der Waals surface area (Å²) in [5.74, 6) is 0.985. The van der Waals surface area contributed by atoms with Crippen LogP contribution in [0, 0.1) is 5.92 Å². The van der Waals surface area contributed by atoms with E-state index < -0.39 is 5.60 Å². The Morgan fingerprint density at radius 2 is 2.11 bits per heavy atom. The lowest BCUT2D eigenvalue weighted by Gasteiger charge is -2.32. The highest BCUT2D eigenvalue weighted by Gasteiger charge is 2.48. The molecule has 0 aromatic carbocycles. The summed E-state index contributed by atoms with van der Waals surface area (Å²) in [6.07, 6.45) is 10.9. The van der Waals surface area contributed by atoms with Crippen molar-refractivity contribution in [2.24, 2.45) is 5.92 Å². The lowest BCUT2D eigenvalue weighted by atomic mass is 9.81. The topological polar surface area (TPSA) is 80.0 Å². The third kappa shape index (κ3) is 3.15. The van der Waals surface area contributed by atoms with Gasteiger partial charge in [-0.3, -0.25) is 9.36 Å². The molecule has 2 aliphatic rings. The van der Waals surface area contributed by atoms with Crippen LogP contribution in [0.3, 0.4) is 0 Å². The first-order valence-corrected chi connectivity index (χ1v) is 10.4. The zero-order chi connectivity index (χ0) is 18.4. The van der Waals surface area contributed by atoms with E-state index in [-0.39, 0.29) is 11.9 Å². The van der Waals surface area contributed by atoms with Crippen molar-refractivity contribution < 1.29 is 9.90 Å². The predicted octanol–water partition coefficient (Wildman–Crippen LogP) is 3.30. The van der Waals surface area contributed by atoms with Crippen molar-refractivity contribution >= 4 is 27.3 Å².